The standard InChI is InChI=1S/C18H24N4O2/c1-13-10-19-17(20-13)16-12-22(8-9-24-16)18(23)15-6-4-14(5-7-15)11-21(2)3/h4-7,10,16H,8-9,11-12H2,1-3H3,(H,19,20). The van der Waals surface area contributed by atoms with Crippen molar-refractivity contribution in [2.24, 2.45) is 0 Å². The minimum absolute atomic E-state index is 0.0444. The summed E-state index contributed by atoms with van der Waals surface area (Å²) in [4.78, 5) is 24.2. The largest absolute Gasteiger partial charge is 0.367 e. The number of ether oxygens (including phenoxy) is 1. The molecule has 1 amide bonds. The molecule has 0 aliphatic carbocycles. The van der Waals surface area contributed by atoms with Gasteiger partial charge in [0.1, 0.15) is 11.9 Å². The Bertz CT molecular complexity index is 693. The van der Waals surface area contributed by atoms with Crippen molar-refractivity contribution in [1.82, 2.24) is 19.8 Å². The van der Waals surface area contributed by atoms with E-state index in [4.69, 9.17) is 4.74 Å². The molecule has 3 rings (SSSR count). The highest BCUT2D eigenvalue weighted by Crippen LogP contribution is 2.21. The summed E-state index contributed by atoms with van der Waals surface area (Å²) in [5.41, 5.74) is 2.91. The van der Waals surface area contributed by atoms with E-state index in [1.165, 1.54) is 5.56 Å². The van der Waals surface area contributed by atoms with Gasteiger partial charge in [-0.1, -0.05) is 12.1 Å². The van der Waals surface area contributed by atoms with Gasteiger partial charge in [0.15, 0.2) is 0 Å². The number of nitrogens with one attached hydrogen (secondary N) is 1. The summed E-state index contributed by atoms with van der Waals surface area (Å²) in [6.07, 6.45) is 1.59. The topological polar surface area (TPSA) is 61.5 Å². The van der Waals surface area contributed by atoms with Gasteiger partial charge in [-0.25, -0.2) is 4.98 Å². The molecular weight excluding hydrogens is 304 g/mol. The number of imidazole rings is 1. The van der Waals surface area contributed by atoms with Crippen LogP contribution in [0.25, 0.3) is 0 Å². The van der Waals surface area contributed by atoms with Crippen LogP contribution in [0.3, 0.4) is 0 Å². The third-order valence-electron chi connectivity index (χ3n) is 4.08. The number of carbonyl (C=O) groups is 1. The van der Waals surface area contributed by atoms with Gasteiger partial charge < -0.3 is 19.5 Å². The lowest BCUT2D eigenvalue weighted by Gasteiger charge is -2.32. The molecule has 2 aromatic rings. The summed E-state index contributed by atoms with van der Waals surface area (Å²) < 4.78 is 5.76. The number of hydrogen-bond donors (Lipinski definition) is 1. The van der Waals surface area contributed by atoms with Gasteiger partial charge in [0.05, 0.1) is 13.2 Å². The van der Waals surface area contributed by atoms with Crippen molar-refractivity contribution in [2.75, 3.05) is 33.8 Å². The molecule has 0 saturated carbocycles. The highest BCUT2D eigenvalue weighted by molar-refractivity contribution is 5.94. The van der Waals surface area contributed by atoms with E-state index in [0.29, 0.717) is 25.3 Å². The summed E-state index contributed by atoms with van der Waals surface area (Å²) in [5.74, 6) is 0.828. The summed E-state index contributed by atoms with van der Waals surface area (Å²) in [7, 11) is 4.06. The lowest BCUT2D eigenvalue weighted by molar-refractivity contribution is -0.0264. The fourth-order valence-corrected chi connectivity index (χ4v) is 2.90. The van der Waals surface area contributed by atoms with Crippen molar-refractivity contribution in [1.29, 1.82) is 0 Å². The first-order chi connectivity index (χ1) is 11.5. The molecule has 6 heteroatoms. The first kappa shape index (κ1) is 16.7. The van der Waals surface area contributed by atoms with Crippen LogP contribution in [0, 0.1) is 6.92 Å². The normalized spacial score (nSPS) is 18.2. The zero-order valence-electron chi connectivity index (χ0n) is 14.5. The number of H-pyrrole nitrogens is 1. The molecule has 1 atom stereocenters. The maximum absolute atomic E-state index is 12.7. The Labute approximate surface area is 142 Å². The Morgan fingerprint density at radius 2 is 2.12 bits per heavy atom. The molecule has 1 aromatic heterocycles. The molecule has 1 unspecified atom stereocenters. The SMILES string of the molecule is Cc1cnc(C2CN(C(=O)c3ccc(CN(C)C)cc3)CCO2)[nH]1. The average molecular weight is 328 g/mol. The van der Waals surface area contributed by atoms with E-state index in [9.17, 15) is 4.79 Å². The third kappa shape index (κ3) is 3.83. The highest BCUT2D eigenvalue weighted by atomic mass is 16.5. The number of aryl methyl sites for hydroxylation is 1. The van der Waals surface area contributed by atoms with Crippen molar-refractivity contribution >= 4 is 5.91 Å². The molecule has 1 aliphatic heterocycles. The van der Waals surface area contributed by atoms with E-state index in [1.807, 2.05) is 50.2 Å². The van der Waals surface area contributed by atoms with Crippen LogP contribution in [0.1, 0.15) is 33.5 Å². The smallest absolute Gasteiger partial charge is 0.254 e. The molecular formula is C18H24N4O2. The Kier molecular flexibility index (Phi) is 4.97. The number of aromatic nitrogens is 2. The van der Waals surface area contributed by atoms with Crippen molar-refractivity contribution < 1.29 is 9.53 Å². The number of carbonyl (C=O) groups excluding carboxylic acids is 1. The summed E-state index contributed by atoms with van der Waals surface area (Å²) >= 11 is 0. The summed E-state index contributed by atoms with van der Waals surface area (Å²) in [6, 6.07) is 7.84. The summed E-state index contributed by atoms with van der Waals surface area (Å²) in [5, 5.41) is 0. The van der Waals surface area contributed by atoms with E-state index in [2.05, 4.69) is 14.9 Å². The second-order valence-electron chi connectivity index (χ2n) is 6.50. The zero-order valence-corrected chi connectivity index (χ0v) is 14.5. The Balaban J connectivity index is 1.67. The van der Waals surface area contributed by atoms with Crippen molar-refractivity contribution in [2.45, 2.75) is 19.6 Å². The minimum atomic E-state index is -0.190. The first-order valence-corrected chi connectivity index (χ1v) is 8.19. The van der Waals surface area contributed by atoms with Crippen LogP contribution in [0.5, 0.6) is 0 Å². The number of aromatic amines is 1. The molecule has 1 N–H and O–H groups in total. The van der Waals surface area contributed by atoms with Crippen molar-refractivity contribution in [3.05, 3.63) is 53.1 Å². The average Bonchev–Trinajstić information content (AvgIpc) is 3.01. The number of morpholine rings is 1. The quantitative estimate of drug-likeness (QED) is 0.932. The van der Waals surface area contributed by atoms with Gasteiger partial charge in [-0.15, -0.1) is 0 Å². The predicted molar refractivity (Wildman–Crippen MR) is 91.8 cm³/mol. The van der Waals surface area contributed by atoms with Crippen molar-refractivity contribution in [3.63, 3.8) is 0 Å². The molecule has 128 valence electrons. The highest BCUT2D eigenvalue weighted by Gasteiger charge is 2.27. The van der Waals surface area contributed by atoms with Crippen LogP contribution in [0.2, 0.25) is 0 Å². The van der Waals surface area contributed by atoms with Gasteiger partial charge in [0.25, 0.3) is 5.91 Å². The summed E-state index contributed by atoms with van der Waals surface area (Å²) in [6.45, 7) is 4.47. The maximum atomic E-state index is 12.7. The number of benzene rings is 1. The second kappa shape index (κ2) is 7.15. The molecule has 0 radical (unpaired) electrons. The third-order valence-corrected chi connectivity index (χ3v) is 4.08. The number of hydrogen-bond acceptors (Lipinski definition) is 4. The number of amides is 1. The van der Waals surface area contributed by atoms with E-state index >= 15 is 0 Å². The molecule has 1 saturated heterocycles. The van der Waals surface area contributed by atoms with Gasteiger partial charge in [-0.3, -0.25) is 4.79 Å². The van der Waals surface area contributed by atoms with Crippen LogP contribution in [-0.2, 0) is 11.3 Å². The van der Waals surface area contributed by atoms with E-state index in [1.54, 1.807) is 6.20 Å². The molecule has 1 aliphatic rings. The molecule has 1 aromatic carbocycles. The van der Waals surface area contributed by atoms with Crippen LogP contribution < -0.4 is 0 Å². The van der Waals surface area contributed by atoms with E-state index < -0.39 is 0 Å². The Hall–Kier alpha value is -2.18. The second-order valence-corrected chi connectivity index (χ2v) is 6.50. The fraction of sp³-hybridized carbons (Fsp3) is 0.444. The molecule has 0 bridgehead atoms. The van der Waals surface area contributed by atoms with E-state index in [-0.39, 0.29) is 12.0 Å². The van der Waals surface area contributed by atoms with Crippen LogP contribution in [0.4, 0.5) is 0 Å². The van der Waals surface area contributed by atoms with Crippen LogP contribution in [-0.4, -0.2) is 59.5 Å². The van der Waals surface area contributed by atoms with Gasteiger partial charge in [-0.2, -0.15) is 0 Å². The molecule has 6 nitrogen and oxygen atoms in total. The van der Waals surface area contributed by atoms with Gasteiger partial charge in [-0.05, 0) is 38.7 Å². The predicted octanol–water partition coefficient (Wildman–Crippen LogP) is 1.99. The van der Waals surface area contributed by atoms with Crippen LogP contribution in [0.15, 0.2) is 30.5 Å². The monoisotopic (exact) mass is 328 g/mol. The van der Waals surface area contributed by atoms with E-state index in [0.717, 1.165) is 18.1 Å². The zero-order chi connectivity index (χ0) is 17.1. The van der Waals surface area contributed by atoms with Crippen LogP contribution >= 0.6 is 0 Å². The van der Waals surface area contributed by atoms with Gasteiger partial charge >= 0.3 is 0 Å². The first-order valence-electron chi connectivity index (χ1n) is 8.19. The molecule has 0 spiro atoms. The lowest BCUT2D eigenvalue weighted by atomic mass is 10.1. The molecule has 2 heterocycles. The lowest BCUT2D eigenvalue weighted by Crippen LogP contribution is -2.42. The Morgan fingerprint density at radius 3 is 2.75 bits per heavy atom. The van der Waals surface area contributed by atoms with Gasteiger partial charge in [0.2, 0.25) is 0 Å². The molecule has 24 heavy (non-hydrogen) atoms. The Morgan fingerprint density at radius 1 is 1.38 bits per heavy atom. The van der Waals surface area contributed by atoms with Gasteiger partial charge in [0, 0.05) is 30.5 Å². The maximum Gasteiger partial charge on any atom is 0.254 e. The van der Waals surface area contributed by atoms with Crippen molar-refractivity contribution in [3.8, 4) is 0 Å². The molecule has 1 fully saturated rings. The number of nitrogens with zero attached hydrogens (tertiary/aromatic N) is 3. The number of rotatable bonds is 4. The fourth-order valence-electron chi connectivity index (χ4n) is 2.90. The minimum Gasteiger partial charge on any atom is -0.367 e.